The van der Waals surface area contributed by atoms with E-state index in [1.54, 1.807) is 4.90 Å². The highest BCUT2D eigenvalue weighted by Gasteiger charge is 2.49. The summed E-state index contributed by atoms with van der Waals surface area (Å²) in [6.07, 6.45) is 1.60. The second-order valence-electron chi connectivity index (χ2n) is 8.22. The van der Waals surface area contributed by atoms with Crippen molar-refractivity contribution in [2.45, 2.75) is 70.2 Å². The molecule has 1 N–H and O–H groups in total. The Morgan fingerprint density at radius 3 is 2.28 bits per heavy atom. The van der Waals surface area contributed by atoms with E-state index in [1.165, 1.54) is 5.56 Å². The number of nitrogens with zero attached hydrogens (tertiary/aromatic N) is 1. The summed E-state index contributed by atoms with van der Waals surface area (Å²) in [5.74, 6) is 0. The maximum Gasteiger partial charge on any atom is 0.410 e. The summed E-state index contributed by atoms with van der Waals surface area (Å²) in [5, 5.41) is 11.3. The molecule has 25 heavy (non-hydrogen) atoms. The quantitative estimate of drug-likeness (QED) is 0.892. The normalized spacial score (nSPS) is 29.4. The Morgan fingerprint density at radius 2 is 1.80 bits per heavy atom. The van der Waals surface area contributed by atoms with E-state index in [9.17, 15) is 9.90 Å². The maximum atomic E-state index is 12.6. The van der Waals surface area contributed by atoms with Gasteiger partial charge in [0.25, 0.3) is 0 Å². The number of carbonyl (C=O) groups is 1. The number of hydrogen-bond donors (Lipinski definition) is 1. The predicted octanol–water partition coefficient (Wildman–Crippen LogP) is 3.23. The minimum atomic E-state index is -0.927. The van der Waals surface area contributed by atoms with Gasteiger partial charge in [0.15, 0.2) is 0 Å². The zero-order chi connectivity index (χ0) is 18.2. The highest BCUT2D eigenvalue weighted by molar-refractivity contribution is 5.69. The van der Waals surface area contributed by atoms with Gasteiger partial charge in [0.1, 0.15) is 5.60 Å². The Bertz CT molecular complexity index is 606. The minimum Gasteiger partial charge on any atom is -0.444 e. The van der Waals surface area contributed by atoms with Crippen LogP contribution in [0, 0.1) is 0 Å². The number of fused-ring (bicyclic) bond motifs is 2. The second-order valence-corrected chi connectivity index (χ2v) is 8.22. The number of rotatable bonds is 2. The third-order valence-electron chi connectivity index (χ3n) is 5.06. The number of amides is 1. The Hall–Kier alpha value is -1.59. The largest absolute Gasteiger partial charge is 0.444 e. The zero-order valence-corrected chi connectivity index (χ0v) is 15.6. The standard InChI is InChI=1S/C20H29NO4/c1-5-14-6-8-15(9-7-14)20(23)10-16-12-24-13-17(11-20)21(16)18(22)25-19(2,3)4/h6-9,16-17,23H,5,10-13H2,1-4H3. The Balaban J connectivity index is 1.81. The van der Waals surface area contributed by atoms with Gasteiger partial charge < -0.3 is 14.6 Å². The number of hydrogen-bond acceptors (Lipinski definition) is 4. The van der Waals surface area contributed by atoms with Gasteiger partial charge in [0.2, 0.25) is 0 Å². The van der Waals surface area contributed by atoms with Gasteiger partial charge in [-0.15, -0.1) is 0 Å². The van der Waals surface area contributed by atoms with Crippen LogP contribution in [0.5, 0.6) is 0 Å². The highest BCUT2D eigenvalue weighted by Crippen LogP contribution is 2.41. The van der Waals surface area contributed by atoms with Crippen molar-refractivity contribution >= 4 is 6.09 Å². The lowest BCUT2D eigenvalue weighted by atomic mass is 9.77. The summed E-state index contributed by atoms with van der Waals surface area (Å²) in [6.45, 7) is 8.59. The van der Waals surface area contributed by atoms with Crippen molar-refractivity contribution < 1.29 is 19.4 Å². The fourth-order valence-electron chi connectivity index (χ4n) is 3.88. The Kier molecular flexibility index (Phi) is 4.82. The summed E-state index contributed by atoms with van der Waals surface area (Å²) >= 11 is 0. The van der Waals surface area contributed by atoms with E-state index in [4.69, 9.17) is 9.47 Å². The van der Waals surface area contributed by atoms with Gasteiger partial charge in [-0.2, -0.15) is 0 Å². The van der Waals surface area contributed by atoms with Gasteiger partial charge >= 0.3 is 6.09 Å². The molecule has 138 valence electrons. The summed E-state index contributed by atoms with van der Waals surface area (Å²) in [5.41, 5.74) is 0.715. The highest BCUT2D eigenvalue weighted by atomic mass is 16.6. The van der Waals surface area contributed by atoms with Crippen molar-refractivity contribution in [3.63, 3.8) is 0 Å². The van der Waals surface area contributed by atoms with Crippen LogP contribution < -0.4 is 0 Å². The number of morpholine rings is 1. The summed E-state index contributed by atoms with van der Waals surface area (Å²) in [4.78, 5) is 14.4. The van der Waals surface area contributed by atoms with Gasteiger partial charge in [0, 0.05) is 12.8 Å². The Labute approximate surface area is 149 Å². The SMILES string of the molecule is CCc1ccc(C2(O)CC3COCC(C2)N3C(=O)OC(C)(C)C)cc1. The first kappa shape index (κ1) is 18.2. The predicted molar refractivity (Wildman–Crippen MR) is 95.4 cm³/mol. The number of aliphatic hydroxyl groups is 1. The molecule has 0 saturated carbocycles. The lowest BCUT2D eigenvalue weighted by Gasteiger charge is -2.51. The molecule has 5 nitrogen and oxygen atoms in total. The van der Waals surface area contributed by atoms with Crippen LogP contribution in [0.4, 0.5) is 4.79 Å². The van der Waals surface area contributed by atoms with Crippen LogP contribution in [-0.2, 0) is 21.5 Å². The third kappa shape index (κ3) is 3.82. The van der Waals surface area contributed by atoms with Crippen molar-refractivity contribution in [3.8, 4) is 0 Å². The monoisotopic (exact) mass is 347 g/mol. The zero-order valence-electron chi connectivity index (χ0n) is 15.6. The van der Waals surface area contributed by atoms with Gasteiger partial charge in [-0.25, -0.2) is 4.79 Å². The molecule has 2 heterocycles. The molecule has 3 rings (SSSR count). The number of aryl methyl sites for hydroxylation is 1. The average Bonchev–Trinajstić information content (AvgIpc) is 2.52. The van der Waals surface area contributed by atoms with Crippen molar-refractivity contribution in [3.05, 3.63) is 35.4 Å². The van der Waals surface area contributed by atoms with Crippen LogP contribution in [0.1, 0.15) is 51.7 Å². The van der Waals surface area contributed by atoms with Crippen molar-refractivity contribution in [1.29, 1.82) is 0 Å². The molecule has 1 amide bonds. The van der Waals surface area contributed by atoms with Gasteiger partial charge in [-0.3, -0.25) is 4.90 Å². The van der Waals surface area contributed by atoms with Crippen LogP contribution in [0.3, 0.4) is 0 Å². The third-order valence-corrected chi connectivity index (χ3v) is 5.06. The molecule has 1 aromatic rings. The number of piperidine rings is 1. The van der Waals surface area contributed by atoms with Gasteiger partial charge in [-0.05, 0) is 38.3 Å². The molecular formula is C20H29NO4. The lowest BCUT2D eigenvalue weighted by molar-refractivity contribution is -0.141. The summed E-state index contributed by atoms with van der Waals surface area (Å²) in [7, 11) is 0. The molecule has 0 aromatic heterocycles. The molecule has 2 aliphatic heterocycles. The molecule has 5 heteroatoms. The van der Waals surface area contributed by atoms with E-state index in [-0.39, 0.29) is 18.2 Å². The van der Waals surface area contributed by atoms with Crippen molar-refractivity contribution in [1.82, 2.24) is 4.90 Å². The van der Waals surface area contributed by atoms with E-state index >= 15 is 0 Å². The van der Waals surface area contributed by atoms with E-state index in [0.29, 0.717) is 26.1 Å². The molecule has 2 aliphatic rings. The smallest absolute Gasteiger partial charge is 0.410 e. The number of carbonyl (C=O) groups excluding carboxylic acids is 1. The summed E-state index contributed by atoms with van der Waals surface area (Å²) < 4.78 is 11.2. The van der Waals surface area contributed by atoms with Crippen LogP contribution in [0.25, 0.3) is 0 Å². The minimum absolute atomic E-state index is 0.168. The molecule has 0 aliphatic carbocycles. The molecule has 0 radical (unpaired) electrons. The van der Waals surface area contributed by atoms with E-state index < -0.39 is 11.2 Å². The molecule has 1 aromatic carbocycles. The molecule has 2 fully saturated rings. The first-order valence-corrected chi connectivity index (χ1v) is 9.13. The van der Waals surface area contributed by atoms with Crippen LogP contribution in [0.2, 0.25) is 0 Å². The van der Waals surface area contributed by atoms with E-state index in [0.717, 1.165) is 12.0 Å². The number of ether oxygens (including phenoxy) is 2. The van der Waals surface area contributed by atoms with Crippen LogP contribution in [-0.4, -0.2) is 47.0 Å². The fourth-order valence-corrected chi connectivity index (χ4v) is 3.88. The molecule has 2 atom stereocenters. The second kappa shape index (κ2) is 6.61. The lowest BCUT2D eigenvalue weighted by Crippen LogP contribution is -2.63. The molecule has 2 bridgehead atoms. The molecular weight excluding hydrogens is 318 g/mol. The summed E-state index contributed by atoms with van der Waals surface area (Å²) in [6, 6.07) is 7.83. The van der Waals surface area contributed by atoms with Crippen molar-refractivity contribution in [2.75, 3.05) is 13.2 Å². The maximum absolute atomic E-state index is 12.6. The topological polar surface area (TPSA) is 59.0 Å². The molecule has 2 unspecified atom stereocenters. The first-order valence-electron chi connectivity index (χ1n) is 9.13. The average molecular weight is 347 g/mol. The molecule has 2 saturated heterocycles. The number of benzene rings is 1. The van der Waals surface area contributed by atoms with E-state index in [1.807, 2.05) is 32.9 Å². The van der Waals surface area contributed by atoms with Gasteiger partial charge in [0.05, 0.1) is 30.9 Å². The van der Waals surface area contributed by atoms with Crippen LogP contribution in [0.15, 0.2) is 24.3 Å². The van der Waals surface area contributed by atoms with Crippen LogP contribution >= 0.6 is 0 Å². The van der Waals surface area contributed by atoms with Gasteiger partial charge in [-0.1, -0.05) is 31.2 Å². The fraction of sp³-hybridized carbons (Fsp3) is 0.650. The molecule has 0 spiro atoms. The van der Waals surface area contributed by atoms with E-state index in [2.05, 4.69) is 19.1 Å². The van der Waals surface area contributed by atoms with Crippen molar-refractivity contribution in [2.24, 2.45) is 0 Å². The first-order chi connectivity index (χ1) is 11.7. The Morgan fingerprint density at radius 1 is 1.24 bits per heavy atom.